The lowest BCUT2D eigenvalue weighted by atomic mass is 9.76. The van der Waals surface area contributed by atoms with Crippen molar-refractivity contribution in [3.8, 4) is 16.9 Å². The molecule has 8 nitrogen and oxygen atoms in total. The second-order valence-electron chi connectivity index (χ2n) is 14.2. The van der Waals surface area contributed by atoms with E-state index in [9.17, 15) is 9.59 Å². The molecular weight excluding hydrogens is 664 g/mol. The molecule has 3 aromatic carbocycles. The number of nitrogens with one attached hydrogen (secondary N) is 2. The molecule has 0 aliphatic heterocycles. The standard InChI is InChI=1S/C39H41BrN6O2/c1-39(2)22-34-31(35(47)23-39)21-33(24-12-14-26(40)15-13-24)46(34)29-9-7-8-25(20-29)37(48)41-27-16-18-28(19-17-27)42-38-43-32-11-6-5-10-30(32)36(44-38)45(3)4/h5-15,20-21,27-28H,16-19,22-23H2,1-4H3,(H,41,48)(H,42,43,44)/t27-,28+. The molecule has 1 amide bonds. The normalized spacial score (nSPS) is 18.7. The summed E-state index contributed by atoms with van der Waals surface area (Å²) in [5, 5.41) is 7.89. The fourth-order valence-electron chi connectivity index (χ4n) is 7.22. The topological polar surface area (TPSA) is 92.2 Å². The van der Waals surface area contributed by atoms with E-state index in [0.29, 0.717) is 17.9 Å². The molecule has 9 heteroatoms. The van der Waals surface area contributed by atoms with Crippen molar-refractivity contribution in [1.29, 1.82) is 0 Å². The number of aromatic nitrogens is 3. The Morgan fingerprint density at radius 2 is 1.62 bits per heavy atom. The molecule has 48 heavy (non-hydrogen) atoms. The number of carbonyl (C=O) groups is 2. The molecule has 2 aromatic heterocycles. The molecule has 0 spiro atoms. The van der Waals surface area contributed by atoms with E-state index in [-0.39, 0.29) is 29.2 Å². The predicted molar refractivity (Wildman–Crippen MR) is 196 cm³/mol. The van der Waals surface area contributed by atoms with Gasteiger partial charge in [0, 0.05) is 65.0 Å². The zero-order chi connectivity index (χ0) is 33.6. The van der Waals surface area contributed by atoms with Gasteiger partial charge in [-0.25, -0.2) is 4.98 Å². The highest BCUT2D eigenvalue weighted by atomic mass is 79.9. The molecule has 0 radical (unpaired) electrons. The summed E-state index contributed by atoms with van der Waals surface area (Å²) in [6.07, 6.45) is 4.86. The first-order valence-electron chi connectivity index (χ1n) is 16.7. The highest BCUT2D eigenvalue weighted by Gasteiger charge is 2.35. The summed E-state index contributed by atoms with van der Waals surface area (Å²) >= 11 is 3.55. The van der Waals surface area contributed by atoms with Crippen molar-refractivity contribution in [2.45, 2.75) is 64.5 Å². The van der Waals surface area contributed by atoms with Crippen LogP contribution in [0.4, 0.5) is 11.8 Å². The molecule has 2 N–H and O–H groups in total. The molecule has 246 valence electrons. The Morgan fingerprint density at radius 1 is 0.896 bits per heavy atom. The number of carbonyl (C=O) groups excluding carboxylic acids is 2. The van der Waals surface area contributed by atoms with E-state index in [2.05, 4.69) is 57.1 Å². The summed E-state index contributed by atoms with van der Waals surface area (Å²) in [6, 6.07) is 26.4. The SMILES string of the molecule is CN(C)c1nc(N[C@H]2CC[C@@H](NC(=O)c3cccc(-n4c(-c5ccc(Br)cc5)cc5c4CC(C)(C)CC5=O)c3)CC2)nc2ccccc12. The molecule has 2 heterocycles. The lowest BCUT2D eigenvalue weighted by Crippen LogP contribution is -2.40. The zero-order valence-electron chi connectivity index (χ0n) is 27.9. The third kappa shape index (κ3) is 6.48. The van der Waals surface area contributed by atoms with Crippen LogP contribution in [-0.4, -0.2) is 52.4 Å². The van der Waals surface area contributed by atoms with Gasteiger partial charge in [0.2, 0.25) is 5.95 Å². The second-order valence-corrected chi connectivity index (χ2v) is 15.1. The van der Waals surface area contributed by atoms with Crippen molar-refractivity contribution in [2.75, 3.05) is 24.3 Å². The number of benzene rings is 3. The van der Waals surface area contributed by atoms with Crippen LogP contribution < -0.4 is 15.5 Å². The van der Waals surface area contributed by atoms with Gasteiger partial charge in [0.05, 0.1) is 11.2 Å². The predicted octanol–water partition coefficient (Wildman–Crippen LogP) is 8.22. The van der Waals surface area contributed by atoms with Crippen LogP contribution in [0, 0.1) is 5.41 Å². The van der Waals surface area contributed by atoms with E-state index in [0.717, 1.165) is 81.5 Å². The monoisotopic (exact) mass is 704 g/mol. The maximum Gasteiger partial charge on any atom is 0.251 e. The third-order valence-corrected chi connectivity index (χ3v) is 10.1. The van der Waals surface area contributed by atoms with Crippen molar-refractivity contribution in [3.05, 3.63) is 100 Å². The van der Waals surface area contributed by atoms with E-state index < -0.39 is 0 Å². The number of amides is 1. The summed E-state index contributed by atoms with van der Waals surface area (Å²) in [7, 11) is 4.00. The number of ketones is 1. The number of nitrogens with zero attached hydrogens (tertiary/aromatic N) is 4. The number of hydrogen-bond donors (Lipinski definition) is 2. The summed E-state index contributed by atoms with van der Waals surface area (Å²) in [5.74, 6) is 1.62. The van der Waals surface area contributed by atoms with E-state index in [4.69, 9.17) is 9.97 Å². The minimum absolute atomic E-state index is 0.0793. The van der Waals surface area contributed by atoms with E-state index >= 15 is 0 Å². The number of anilines is 2. The number of rotatable bonds is 7. The van der Waals surface area contributed by atoms with Crippen LogP contribution in [0.25, 0.3) is 27.8 Å². The van der Waals surface area contributed by atoms with Gasteiger partial charge in [-0.05, 0) is 91.6 Å². The maximum absolute atomic E-state index is 13.6. The van der Waals surface area contributed by atoms with Gasteiger partial charge in [-0.15, -0.1) is 0 Å². The van der Waals surface area contributed by atoms with Crippen molar-refractivity contribution < 1.29 is 9.59 Å². The Hall–Kier alpha value is -4.50. The molecule has 0 atom stereocenters. The van der Waals surface area contributed by atoms with Crippen LogP contribution in [0.1, 0.15) is 72.4 Å². The molecule has 2 aliphatic carbocycles. The molecule has 0 saturated heterocycles. The van der Waals surface area contributed by atoms with Gasteiger partial charge >= 0.3 is 0 Å². The summed E-state index contributed by atoms with van der Waals surface area (Å²) < 4.78 is 3.18. The van der Waals surface area contributed by atoms with Gasteiger partial charge in [-0.1, -0.05) is 60.1 Å². The second kappa shape index (κ2) is 12.8. The van der Waals surface area contributed by atoms with Crippen molar-refractivity contribution in [3.63, 3.8) is 0 Å². The Kier molecular flexibility index (Phi) is 8.58. The average Bonchev–Trinajstić information content (AvgIpc) is 3.44. The van der Waals surface area contributed by atoms with Gasteiger partial charge in [0.15, 0.2) is 5.78 Å². The minimum Gasteiger partial charge on any atom is -0.362 e. The Labute approximate surface area is 290 Å². The van der Waals surface area contributed by atoms with Crippen LogP contribution in [0.3, 0.4) is 0 Å². The molecule has 1 fully saturated rings. The molecule has 2 aliphatic rings. The van der Waals surface area contributed by atoms with E-state index in [1.807, 2.05) is 85.7 Å². The number of halogens is 1. The number of Topliss-reactive ketones (excluding diaryl/α,β-unsaturated/α-hetero) is 1. The van der Waals surface area contributed by atoms with Crippen LogP contribution in [0.5, 0.6) is 0 Å². The zero-order valence-corrected chi connectivity index (χ0v) is 29.5. The van der Waals surface area contributed by atoms with Crippen LogP contribution in [0.2, 0.25) is 0 Å². The summed E-state index contributed by atoms with van der Waals surface area (Å²) in [4.78, 5) is 38.6. The van der Waals surface area contributed by atoms with Crippen LogP contribution in [0.15, 0.2) is 83.3 Å². The van der Waals surface area contributed by atoms with Gasteiger partial charge < -0.3 is 20.1 Å². The van der Waals surface area contributed by atoms with Crippen LogP contribution in [-0.2, 0) is 6.42 Å². The lowest BCUT2D eigenvalue weighted by molar-refractivity contribution is 0.0906. The first kappa shape index (κ1) is 32.1. The van der Waals surface area contributed by atoms with Gasteiger partial charge in [0.25, 0.3) is 5.91 Å². The van der Waals surface area contributed by atoms with Gasteiger partial charge in [-0.2, -0.15) is 4.98 Å². The third-order valence-electron chi connectivity index (χ3n) is 9.60. The van der Waals surface area contributed by atoms with E-state index in [1.165, 1.54) is 0 Å². The minimum atomic E-state index is -0.144. The Morgan fingerprint density at radius 3 is 2.38 bits per heavy atom. The molecule has 5 aromatic rings. The smallest absolute Gasteiger partial charge is 0.251 e. The largest absolute Gasteiger partial charge is 0.362 e. The fourth-order valence-corrected chi connectivity index (χ4v) is 7.49. The number of hydrogen-bond acceptors (Lipinski definition) is 6. The average molecular weight is 706 g/mol. The Bertz CT molecular complexity index is 2010. The first-order valence-corrected chi connectivity index (χ1v) is 17.5. The van der Waals surface area contributed by atoms with Crippen LogP contribution >= 0.6 is 15.9 Å². The van der Waals surface area contributed by atoms with Crippen molar-refractivity contribution >= 4 is 50.3 Å². The summed E-state index contributed by atoms with van der Waals surface area (Å²) in [5.41, 5.74) is 6.02. The number of para-hydroxylation sites is 1. The quantitative estimate of drug-likeness (QED) is 0.177. The lowest BCUT2D eigenvalue weighted by Gasteiger charge is -2.30. The molecule has 0 bridgehead atoms. The van der Waals surface area contributed by atoms with Crippen molar-refractivity contribution in [1.82, 2.24) is 19.9 Å². The van der Waals surface area contributed by atoms with Gasteiger partial charge in [-0.3, -0.25) is 9.59 Å². The fraction of sp³-hybridized carbons (Fsp3) is 0.333. The van der Waals surface area contributed by atoms with Gasteiger partial charge in [0.1, 0.15) is 5.82 Å². The summed E-state index contributed by atoms with van der Waals surface area (Å²) in [6.45, 7) is 4.29. The first-order chi connectivity index (χ1) is 23.0. The molecular formula is C39H41BrN6O2. The highest BCUT2D eigenvalue weighted by Crippen LogP contribution is 2.40. The van der Waals surface area contributed by atoms with E-state index in [1.54, 1.807) is 0 Å². The van der Waals surface area contributed by atoms with Crippen molar-refractivity contribution in [2.24, 2.45) is 5.41 Å². The number of fused-ring (bicyclic) bond motifs is 2. The molecule has 0 unspecified atom stereocenters. The Balaban J connectivity index is 1.07. The molecule has 7 rings (SSSR count). The maximum atomic E-state index is 13.6. The highest BCUT2D eigenvalue weighted by molar-refractivity contribution is 9.10. The molecule has 1 saturated carbocycles.